The van der Waals surface area contributed by atoms with E-state index in [-0.39, 0.29) is 5.91 Å². The van der Waals surface area contributed by atoms with Crippen molar-refractivity contribution >= 4 is 5.91 Å². The Labute approximate surface area is 129 Å². The summed E-state index contributed by atoms with van der Waals surface area (Å²) in [5.74, 6) is 0.0676. The van der Waals surface area contributed by atoms with Crippen LogP contribution in [-0.4, -0.2) is 67.1 Å². The van der Waals surface area contributed by atoms with Crippen LogP contribution in [0.25, 0.3) is 0 Å². The highest BCUT2D eigenvalue weighted by molar-refractivity contribution is 5.86. The fourth-order valence-corrected chi connectivity index (χ4v) is 3.42. The summed E-state index contributed by atoms with van der Waals surface area (Å²) in [6.07, 6.45) is 6.11. The monoisotopic (exact) mass is 296 g/mol. The van der Waals surface area contributed by atoms with E-state index in [4.69, 9.17) is 5.73 Å². The lowest BCUT2D eigenvalue weighted by Gasteiger charge is -2.34. The Balaban J connectivity index is 1.58. The molecule has 1 aliphatic heterocycles. The van der Waals surface area contributed by atoms with Gasteiger partial charge in [0.05, 0.1) is 5.54 Å². The van der Waals surface area contributed by atoms with E-state index < -0.39 is 5.54 Å². The van der Waals surface area contributed by atoms with Gasteiger partial charge in [0.15, 0.2) is 0 Å². The fourth-order valence-electron chi connectivity index (χ4n) is 3.42. The van der Waals surface area contributed by atoms with Crippen LogP contribution in [0.4, 0.5) is 0 Å². The molecule has 0 aromatic carbocycles. The van der Waals surface area contributed by atoms with Crippen molar-refractivity contribution in [2.24, 2.45) is 5.73 Å². The van der Waals surface area contributed by atoms with Crippen LogP contribution >= 0.6 is 0 Å². The first-order valence-corrected chi connectivity index (χ1v) is 8.66. The standard InChI is InChI=1S/C16H32N4O/c1-2-19-11-13-20(14-12-19)10-6-9-18-15(21)16(17)7-4-3-5-8-16/h2-14,17H2,1H3,(H,18,21). The predicted molar refractivity (Wildman–Crippen MR) is 86.2 cm³/mol. The molecule has 0 atom stereocenters. The van der Waals surface area contributed by atoms with Gasteiger partial charge in [-0.3, -0.25) is 4.79 Å². The zero-order valence-electron chi connectivity index (χ0n) is 13.6. The molecule has 122 valence electrons. The van der Waals surface area contributed by atoms with Crippen LogP contribution in [0.1, 0.15) is 45.4 Å². The molecule has 5 heteroatoms. The number of nitrogens with zero attached hydrogens (tertiary/aromatic N) is 2. The molecule has 0 bridgehead atoms. The largest absolute Gasteiger partial charge is 0.354 e. The highest BCUT2D eigenvalue weighted by Gasteiger charge is 2.34. The van der Waals surface area contributed by atoms with Crippen molar-refractivity contribution in [2.75, 3.05) is 45.8 Å². The van der Waals surface area contributed by atoms with E-state index in [0.29, 0.717) is 0 Å². The number of piperazine rings is 1. The van der Waals surface area contributed by atoms with E-state index in [1.54, 1.807) is 0 Å². The van der Waals surface area contributed by atoms with Crippen molar-refractivity contribution in [3.05, 3.63) is 0 Å². The minimum atomic E-state index is -0.592. The molecule has 1 aliphatic carbocycles. The summed E-state index contributed by atoms with van der Waals surface area (Å²) in [5, 5.41) is 3.05. The molecule has 2 aliphatic rings. The second-order valence-electron chi connectivity index (χ2n) is 6.60. The molecule has 21 heavy (non-hydrogen) atoms. The Kier molecular flexibility index (Phi) is 6.45. The van der Waals surface area contributed by atoms with Crippen molar-refractivity contribution in [3.63, 3.8) is 0 Å². The van der Waals surface area contributed by atoms with Gasteiger partial charge in [-0.05, 0) is 32.4 Å². The number of carbonyl (C=O) groups excluding carboxylic acids is 1. The van der Waals surface area contributed by atoms with Gasteiger partial charge in [0, 0.05) is 32.7 Å². The average Bonchev–Trinajstić information content (AvgIpc) is 2.52. The van der Waals surface area contributed by atoms with Crippen molar-refractivity contribution in [1.29, 1.82) is 0 Å². The third-order valence-electron chi connectivity index (χ3n) is 5.05. The van der Waals surface area contributed by atoms with Gasteiger partial charge in [-0.15, -0.1) is 0 Å². The molecule has 1 amide bonds. The van der Waals surface area contributed by atoms with Gasteiger partial charge in [-0.25, -0.2) is 0 Å². The molecule has 1 saturated carbocycles. The van der Waals surface area contributed by atoms with Gasteiger partial charge in [-0.1, -0.05) is 26.2 Å². The molecule has 1 saturated heterocycles. The Morgan fingerprint density at radius 1 is 1.10 bits per heavy atom. The van der Waals surface area contributed by atoms with Gasteiger partial charge < -0.3 is 20.9 Å². The molecule has 0 aromatic rings. The molecule has 5 nitrogen and oxygen atoms in total. The second-order valence-corrected chi connectivity index (χ2v) is 6.60. The molecular formula is C16H32N4O. The smallest absolute Gasteiger partial charge is 0.240 e. The van der Waals surface area contributed by atoms with Crippen molar-refractivity contribution in [1.82, 2.24) is 15.1 Å². The van der Waals surface area contributed by atoms with Gasteiger partial charge in [-0.2, -0.15) is 0 Å². The molecule has 1 heterocycles. The quantitative estimate of drug-likeness (QED) is 0.712. The van der Waals surface area contributed by atoms with Crippen molar-refractivity contribution in [2.45, 2.75) is 51.0 Å². The molecule has 2 fully saturated rings. The number of hydrogen-bond donors (Lipinski definition) is 2. The minimum Gasteiger partial charge on any atom is -0.354 e. The summed E-state index contributed by atoms with van der Waals surface area (Å²) >= 11 is 0. The van der Waals surface area contributed by atoms with Crippen molar-refractivity contribution < 1.29 is 4.79 Å². The number of carbonyl (C=O) groups is 1. The first-order valence-electron chi connectivity index (χ1n) is 8.66. The fraction of sp³-hybridized carbons (Fsp3) is 0.938. The zero-order valence-corrected chi connectivity index (χ0v) is 13.6. The first-order chi connectivity index (χ1) is 10.1. The predicted octanol–water partition coefficient (Wildman–Crippen LogP) is 0.792. The summed E-state index contributed by atoms with van der Waals surface area (Å²) in [4.78, 5) is 17.2. The van der Waals surface area contributed by atoms with E-state index in [0.717, 1.165) is 64.8 Å². The second kappa shape index (κ2) is 8.11. The van der Waals surface area contributed by atoms with Crippen LogP contribution < -0.4 is 11.1 Å². The SMILES string of the molecule is CCN1CCN(CCCNC(=O)C2(N)CCCCC2)CC1. The van der Waals surface area contributed by atoms with Crippen LogP contribution in [0.15, 0.2) is 0 Å². The van der Waals surface area contributed by atoms with Gasteiger partial charge in [0.1, 0.15) is 0 Å². The van der Waals surface area contributed by atoms with Crippen LogP contribution in [0, 0.1) is 0 Å². The third-order valence-corrected chi connectivity index (χ3v) is 5.05. The number of amides is 1. The summed E-state index contributed by atoms with van der Waals surface area (Å²) in [6.45, 7) is 9.87. The number of likely N-dealkylation sites (N-methyl/N-ethyl adjacent to an activating group) is 1. The number of rotatable bonds is 6. The number of nitrogens with two attached hydrogens (primary N) is 1. The number of hydrogen-bond acceptors (Lipinski definition) is 4. The molecule has 2 rings (SSSR count). The van der Waals surface area contributed by atoms with Crippen LogP contribution in [-0.2, 0) is 4.79 Å². The van der Waals surface area contributed by atoms with E-state index in [2.05, 4.69) is 22.0 Å². The molecule has 0 radical (unpaired) electrons. The summed E-state index contributed by atoms with van der Waals surface area (Å²) < 4.78 is 0. The van der Waals surface area contributed by atoms with Crippen molar-refractivity contribution in [3.8, 4) is 0 Å². The summed E-state index contributed by atoms with van der Waals surface area (Å²) in [6, 6.07) is 0. The Hall–Kier alpha value is -0.650. The topological polar surface area (TPSA) is 61.6 Å². The van der Waals surface area contributed by atoms with E-state index in [1.165, 1.54) is 19.5 Å². The van der Waals surface area contributed by atoms with E-state index in [1.807, 2.05) is 0 Å². The van der Waals surface area contributed by atoms with E-state index >= 15 is 0 Å². The first kappa shape index (κ1) is 16.7. The minimum absolute atomic E-state index is 0.0676. The highest BCUT2D eigenvalue weighted by Crippen LogP contribution is 2.25. The summed E-state index contributed by atoms with van der Waals surface area (Å²) in [7, 11) is 0. The van der Waals surface area contributed by atoms with Crippen LogP contribution in [0.2, 0.25) is 0 Å². The zero-order chi connectivity index (χ0) is 15.1. The van der Waals surface area contributed by atoms with Crippen LogP contribution in [0.3, 0.4) is 0 Å². The van der Waals surface area contributed by atoms with Gasteiger partial charge in [0.2, 0.25) is 5.91 Å². The maximum Gasteiger partial charge on any atom is 0.240 e. The lowest BCUT2D eigenvalue weighted by Crippen LogP contribution is -2.55. The Bertz CT molecular complexity index is 320. The molecule has 3 N–H and O–H groups in total. The molecule has 0 aromatic heterocycles. The normalized spacial score (nSPS) is 23.9. The Morgan fingerprint density at radius 2 is 1.71 bits per heavy atom. The average molecular weight is 296 g/mol. The number of nitrogens with one attached hydrogen (secondary N) is 1. The molecule has 0 unspecified atom stereocenters. The van der Waals surface area contributed by atoms with Gasteiger partial charge in [0.25, 0.3) is 0 Å². The van der Waals surface area contributed by atoms with Gasteiger partial charge >= 0.3 is 0 Å². The lowest BCUT2D eigenvalue weighted by molar-refractivity contribution is -0.127. The highest BCUT2D eigenvalue weighted by atomic mass is 16.2. The molecular weight excluding hydrogens is 264 g/mol. The Morgan fingerprint density at radius 3 is 2.33 bits per heavy atom. The van der Waals surface area contributed by atoms with E-state index in [9.17, 15) is 4.79 Å². The van der Waals surface area contributed by atoms with Crippen LogP contribution in [0.5, 0.6) is 0 Å². The third kappa shape index (κ3) is 4.94. The maximum absolute atomic E-state index is 12.2. The molecule has 0 spiro atoms. The lowest BCUT2D eigenvalue weighted by atomic mass is 9.82. The maximum atomic E-state index is 12.2. The summed E-state index contributed by atoms with van der Waals surface area (Å²) in [5.41, 5.74) is 5.64.